The monoisotopic (exact) mass is 409 g/mol. The molecule has 2 aromatic carbocycles. The molecule has 0 aliphatic heterocycles. The van der Waals surface area contributed by atoms with Gasteiger partial charge in [0.25, 0.3) is 11.8 Å². The highest BCUT2D eigenvalue weighted by Gasteiger charge is 2.26. The summed E-state index contributed by atoms with van der Waals surface area (Å²) in [6.07, 6.45) is 2.05. The van der Waals surface area contributed by atoms with Gasteiger partial charge in [0.1, 0.15) is 11.8 Å². The molecule has 7 nitrogen and oxygen atoms in total. The number of benzene rings is 2. The molecule has 0 spiro atoms. The molecule has 1 aliphatic carbocycles. The number of rotatable bonds is 8. The summed E-state index contributed by atoms with van der Waals surface area (Å²) in [4.78, 5) is 37.6. The van der Waals surface area contributed by atoms with Crippen molar-refractivity contribution in [1.82, 2.24) is 10.6 Å². The van der Waals surface area contributed by atoms with Crippen LogP contribution in [0.1, 0.15) is 47.4 Å². The molecule has 3 amide bonds. The molecule has 30 heavy (non-hydrogen) atoms. The minimum absolute atomic E-state index is 0.112. The highest BCUT2D eigenvalue weighted by atomic mass is 16.5. The van der Waals surface area contributed by atoms with Crippen molar-refractivity contribution in [1.29, 1.82) is 0 Å². The van der Waals surface area contributed by atoms with E-state index in [1.807, 2.05) is 13.8 Å². The normalized spacial score (nSPS) is 14.0. The number of ether oxygens (including phenoxy) is 1. The number of para-hydroxylation sites is 1. The first kappa shape index (κ1) is 21.4. The van der Waals surface area contributed by atoms with Crippen LogP contribution in [0, 0.1) is 5.92 Å². The van der Waals surface area contributed by atoms with E-state index in [0.29, 0.717) is 22.6 Å². The van der Waals surface area contributed by atoms with Gasteiger partial charge in [-0.3, -0.25) is 14.4 Å². The maximum absolute atomic E-state index is 12.8. The molecule has 2 aromatic rings. The molecule has 3 rings (SSSR count). The van der Waals surface area contributed by atoms with Gasteiger partial charge in [0, 0.05) is 17.3 Å². The lowest BCUT2D eigenvalue weighted by atomic mass is 10.0. The Balaban J connectivity index is 1.65. The van der Waals surface area contributed by atoms with Crippen LogP contribution >= 0.6 is 0 Å². The van der Waals surface area contributed by atoms with Crippen molar-refractivity contribution in [2.24, 2.45) is 5.92 Å². The van der Waals surface area contributed by atoms with Gasteiger partial charge in [-0.25, -0.2) is 0 Å². The standard InChI is InChI=1S/C23H27N3O4/c1-14(2)20(26-22(28)18-6-4-5-7-19(18)30-3)23(29)25-16-10-8-15(9-11-16)21(27)24-17-12-13-17/h4-11,14,17,20H,12-13H2,1-3H3,(H,24,27)(H,25,29)(H,26,28). The Morgan fingerprint density at radius 3 is 2.23 bits per heavy atom. The summed E-state index contributed by atoms with van der Waals surface area (Å²) in [6, 6.07) is 13.1. The number of nitrogens with one attached hydrogen (secondary N) is 3. The van der Waals surface area contributed by atoms with Crippen molar-refractivity contribution in [2.75, 3.05) is 12.4 Å². The van der Waals surface area contributed by atoms with Crippen molar-refractivity contribution in [3.05, 3.63) is 59.7 Å². The van der Waals surface area contributed by atoms with Gasteiger partial charge in [0.05, 0.1) is 12.7 Å². The number of amides is 3. The second kappa shape index (κ2) is 9.43. The van der Waals surface area contributed by atoms with Crippen LogP contribution in [-0.4, -0.2) is 36.9 Å². The molecule has 7 heteroatoms. The number of carbonyl (C=O) groups is 3. The van der Waals surface area contributed by atoms with Gasteiger partial charge in [0.2, 0.25) is 5.91 Å². The maximum Gasteiger partial charge on any atom is 0.255 e. The molecule has 1 atom stereocenters. The van der Waals surface area contributed by atoms with Gasteiger partial charge in [-0.05, 0) is 55.2 Å². The van der Waals surface area contributed by atoms with E-state index in [0.717, 1.165) is 12.8 Å². The molecule has 3 N–H and O–H groups in total. The largest absolute Gasteiger partial charge is 0.496 e. The number of methoxy groups -OCH3 is 1. The van der Waals surface area contributed by atoms with Crippen LogP contribution in [0.4, 0.5) is 5.69 Å². The average molecular weight is 409 g/mol. The van der Waals surface area contributed by atoms with E-state index in [1.54, 1.807) is 48.5 Å². The Bertz CT molecular complexity index is 920. The van der Waals surface area contributed by atoms with E-state index in [1.165, 1.54) is 7.11 Å². The second-order valence-electron chi connectivity index (χ2n) is 7.71. The molecule has 1 unspecified atom stereocenters. The molecule has 0 radical (unpaired) electrons. The summed E-state index contributed by atoms with van der Waals surface area (Å²) in [5, 5.41) is 8.53. The Hall–Kier alpha value is -3.35. The predicted octanol–water partition coefficient (Wildman–Crippen LogP) is 2.98. The Morgan fingerprint density at radius 1 is 0.967 bits per heavy atom. The third-order valence-corrected chi connectivity index (χ3v) is 4.91. The zero-order valence-corrected chi connectivity index (χ0v) is 17.4. The lowest BCUT2D eigenvalue weighted by Crippen LogP contribution is -2.47. The minimum Gasteiger partial charge on any atom is -0.496 e. The maximum atomic E-state index is 12.8. The van der Waals surface area contributed by atoms with E-state index < -0.39 is 6.04 Å². The van der Waals surface area contributed by atoms with Gasteiger partial charge >= 0.3 is 0 Å². The van der Waals surface area contributed by atoms with Crippen molar-refractivity contribution in [3.63, 3.8) is 0 Å². The SMILES string of the molecule is COc1ccccc1C(=O)NC(C(=O)Nc1ccc(C(=O)NC2CC2)cc1)C(C)C. The molecule has 0 saturated heterocycles. The van der Waals surface area contributed by atoms with Crippen LogP contribution in [0.15, 0.2) is 48.5 Å². The van der Waals surface area contributed by atoms with Gasteiger partial charge in [0.15, 0.2) is 0 Å². The third-order valence-electron chi connectivity index (χ3n) is 4.91. The zero-order chi connectivity index (χ0) is 21.7. The zero-order valence-electron chi connectivity index (χ0n) is 17.4. The van der Waals surface area contributed by atoms with Crippen LogP contribution in [0.3, 0.4) is 0 Å². The van der Waals surface area contributed by atoms with Crippen LogP contribution in [0.5, 0.6) is 5.75 Å². The second-order valence-corrected chi connectivity index (χ2v) is 7.71. The van der Waals surface area contributed by atoms with Gasteiger partial charge in [-0.2, -0.15) is 0 Å². The van der Waals surface area contributed by atoms with E-state index in [9.17, 15) is 14.4 Å². The van der Waals surface area contributed by atoms with Crippen LogP contribution in [-0.2, 0) is 4.79 Å². The fourth-order valence-electron chi connectivity index (χ4n) is 3.01. The fraction of sp³-hybridized carbons (Fsp3) is 0.348. The molecule has 1 fully saturated rings. The van der Waals surface area contributed by atoms with Crippen LogP contribution in [0.2, 0.25) is 0 Å². The molecular formula is C23H27N3O4. The number of hydrogen-bond acceptors (Lipinski definition) is 4. The minimum atomic E-state index is -0.736. The summed E-state index contributed by atoms with van der Waals surface area (Å²) in [6.45, 7) is 3.72. The van der Waals surface area contributed by atoms with Crippen molar-refractivity contribution >= 4 is 23.4 Å². The van der Waals surface area contributed by atoms with Crippen molar-refractivity contribution in [3.8, 4) is 5.75 Å². The van der Waals surface area contributed by atoms with Crippen molar-refractivity contribution in [2.45, 2.75) is 38.8 Å². The highest BCUT2D eigenvalue weighted by Crippen LogP contribution is 2.20. The summed E-state index contributed by atoms with van der Waals surface area (Å²) >= 11 is 0. The first-order chi connectivity index (χ1) is 14.4. The molecular weight excluding hydrogens is 382 g/mol. The van der Waals surface area contributed by atoms with Gasteiger partial charge in [-0.15, -0.1) is 0 Å². The Morgan fingerprint density at radius 2 is 1.63 bits per heavy atom. The van der Waals surface area contributed by atoms with E-state index in [-0.39, 0.29) is 29.7 Å². The summed E-state index contributed by atoms with van der Waals surface area (Å²) in [5.74, 6) is -0.512. The van der Waals surface area contributed by atoms with E-state index in [2.05, 4.69) is 16.0 Å². The lowest BCUT2D eigenvalue weighted by Gasteiger charge is -2.22. The Kier molecular flexibility index (Phi) is 6.72. The first-order valence-corrected chi connectivity index (χ1v) is 10.0. The molecule has 1 aliphatic rings. The average Bonchev–Trinajstić information content (AvgIpc) is 3.55. The number of hydrogen-bond donors (Lipinski definition) is 3. The molecule has 158 valence electrons. The Labute approximate surface area is 176 Å². The smallest absolute Gasteiger partial charge is 0.255 e. The third kappa shape index (κ3) is 5.37. The lowest BCUT2D eigenvalue weighted by molar-refractivity contribution is -0.118. The van der Waals surface area contributed by atoms with Crippen LogP contribution < -0.4 is 20.7 Å². The molecule has 0 heterocycles. The first-order valence-electron chi connectivity index (χ1n) is 10.0. The van der Waals surface area contributed by atoms with Gasteiger partial charge < -0.3 is 20.7 Å². The highest BCUT2D eigenvalue weighted by molar-refractivity contribution is 6.02. The molecule has 0 bridgehead atoms. The number of carbonyl (C=O) groups excluding carboxylic acids is 3. The summed E-state index contributed by atoms with van der Waals surface area (Å²) in [7, 11) is 1.49. The van der Waals surface area contributed by atoms with E-state index in [4.69, 9.17) is 4.74 Å². The van der Waals surface area contributed by atoms with Gasteiger partial charge in [-0.1, -0.05) is 26.0 Å². The van der Waals surface area contributed by atoms with Crippen LogP contribution in [0.25, 0.3) is 0 Å². The summed E-state index contributed by atoms with van der Waals surface area (Å²) in [5.41, 5.74) is 1.47. The topological polar surface area (TPSA) is 96.5 Å². The molecule has 1 saturated carbocycles. The molecule has 0 aromatic heterocycles. The summed E-state index contributed by atoms with van der Waals surface area (Å²) < 4.78 is 5.23. The fourth-order valence-corrected chi connectivity index (χ4v) is 3.01. The predicted molar refractivity (Wildman–Crippen MR) is 115 cm³/mol. The van der Waals surface area contributed by atoms with E-state index >= 15 is 0 Å². The number of anilines is 1. The van der Waals surface area contributed by atoms with Crippen molar-refractivity contribution < 1.29 is 19.1 Å². The quantitative estimate of drug-likeness (QED) is 0.624.